The molecular weight excluding hydrogens is 308 g/mol. The number of imide groups is 1. The van der Waals surface area contributed by atoms with E-state index in [1.807, 2.05) is 12.1 Å². The van der Waals surface area contributed by atoms with Gasteiger partial charge in [0.05, 0.1) is 12.8 Å². The highest BCUT2D eigenvalue weighted by molar-refractivity contribution is 6.06. The quantitative estimate of drug-likeness (QED) is 0.790. The number of nitrogens with zero attached hydrogens (tertiary/aromatic N) is 3. The summed E-state index contributed by atoms with van der Waals surface area (Å²) in [4.78, 5) is 30.1. The summed E-state index contributed by atoms with van der Waals surface area (Å²) in [6, 6.07) is 3.66. The first-order valence-corrected chi connectivity index (χ1v) is 8.57. The van der Waals surface area contributed by atoms with Gasteiger partial charge in [0.1, 0.15) is 11.3 Å². The number of rotatable bonds is 6. The highest BCUT2D eigenvalue weighted by atomic mass is 16.3. The van der Waals surface area contributed by atoms with Gasteiger partial charge in [0, 0.05) is 32.7 Å². The third-order valence-corrected chi connectivity index (χ3v) is 4.72. The second kappa shape index (κ2) is 6.94. The van der Waals surface area contributed by atoms with Crippen LogP contribution in [0.1, 0.15) is 26.0 Å². The molecule has 3 heterocycles. The Kier molecular flexibility index (Phi) is 4.91. The predicted octanol–water partition coefficient (Wildman–Crippen LogP) is 1.12. The smallest absolute Gasteiger partial charge is 0.325 e. The zero-order valence-electron chi connectivity index (χ0n) is 14.5. The third kappa shape index (κ3) is 3.79. The van der Waals surface area contributed by atoms with E-state index in [2.05, 4.69) is 15.1 Å². The van der Waals surface area contributed by atoms with Gasteiger partial charge in [0.2, 0.25) is 0 Å². The first-order valence-electron chi connectivity index (χ1n) is 8.57. The van der Waals surface area contributed by atoms with Gasteiger partial charge in [0.15, 0.2) is 0 Å². The number of furan rings is 1. The summed E-state index contributed by atoms with van der Waals surface area (Å²) in [6.07, 6.45) is 2.52. The number of carbonyl (C=O) groups is 2. The van der Waals surface area contributed by atoms with E-state index in [9.17, 15) is 9.59 Å². The molecule has 0 atom stereocenters. The van der Waals surface area contributed by atoms with E-state index in [1.54, 1.807) is 20.1 Å². The van der Waals surface area contributed by atoms with Crippen molar-refractivity contribution < 1.29 is 14.0 Å². The molecule has 0 spiro atoms. The van der Waals surface area contributed by atoms with Crippen molar-refractivity contribution in [1.29, 1.82) is 0 Å². The molecule has 1 aromatic heterocycles. The fraction of sp³-hybridized carbons (Fsp3) is 0.647. The number of hydrogen-bond acceptors (Lipinski definition) is 5. The Morgan fingerprint density at radius 3 is 2.42 bits per heavy atom. The van der Waals surface area contributed by atoms with Crippen LogP contribution in [0.3, 0.4) is 0 Å². The van der Waals surface area contributed by atoms with E-state index in [1.165, 1.54) is 4.90 Å². The molecule has 0 aliphatic carbocycles. The van der Waals surface area contributed by atoms with Crippen molar-refractivity contribution >= 4 is 11.9 Å². The second-order valence-electron chi connectivity index (χ2n) is 7.06. The number of nitrogens with one attached hydrogen (secondary N) is 1. The number of amides is 3. The largest absolute Gasteiger partial charge is 0.468 e. The van der Waals surface area contributed by atoms with Crippen LogP contribution in [-0.2, 0) is 11.3 Å². The van der Waals surface area contributed by atoms with Crippen molar-refractivity contribution in [1.82, 2.24) is 20.0 Å². The molecule has 0 bridgehead atoms. The Morgan fingerprint density at radius 2 is 1.83 bits per heavy atom. The number of hydrogen-bond donors (Lipinski definition) is 1. The molecule has 7 nitrogen and oxygen atoms in total. The van der Waals surface area contributed by atoms with E-state index in [0.29, 0.717) is 6.54 Å². The molecule has 3 amide bonds. The van der Waals surface area contributed by atoms with Crippen molar-refractivity contribution in [3.05, 3.63) is 24.2 Å². The summed E-state index contributed by atoms with van der Waals surface area (Å²) >= 11 is 0. The van der Waals surface area contributed by atoms with Crippen molar-refractivity contribution in [2.24, 2.45) is 0 Å². The molecule has 132 valence electrons. The number of carbonyl (C=O) groups excluding carboxylic acids is 2. The van der Waals surface area contributed by atoms with Crippen LogP contribution in [0.25, 0.3) is 0 Å². The van der Waals surface area contributed by atoms with Gasteiger partial charge in [-0.05, 0) is 38.9 Å². The van der Waals surface area contributed by atoms with Gasteiger partial charge in [-0.1, -0.05) is 0 Å². The van der Waals surface area contributed by atoms with Crippen LogP contribution in [0, 0.1) is 0 Å². The van der Waals surface area contributed by atoms with Crippen molar-refractivity contribution in [3.8, 4) is 0 Å². The van der Waals surface area contributed by atoms with Crippen molar-refractivity contribution in [3.63, 3.8) is 0 Å². The lowest BCUT2D eigenvalue weighted by atomic mass is 10.1. The summed E-state index contributed by atoms with van der Waals surface area (Å²) in [7, 11) is 0. The molecule has 0 saturated carbocycles. The van der Waals surface area contributed by atoms with E-state index in [-0.39, 0.29) is 11.9 Å². The van der Waals surface area contributed by atoms with Gasteiger partial charge < -0.3 is 14.6 Å². The standard InChI is InChI=1S/C17H26N4O3/c1-17(2)15(22)21(16(23)18-17)7-4-6-19-8-10-20(11-9-19)13-14-5-3-12-24-14/h3,5,12H,4,6-11,13H2,1-2H3,(H,18,23). The second-order valence-corrected chi connectivity index (χ2v) is 7.06. The topological polar surface area (TPSA) is 69.0 Å². The summed E-state index contributed by atoms with van der Waals surface area (Å²) < 4.78 is 5.39. The predicted molar refractivity (Wildman–Crippen MR) is 89.4 cm³/mol. The normalized spacial score (nSPS) is 22.2. The molecule has 0 unspecified atom stereocenters. The minimum Gasteiger partial charge on any atom is -0.468 e. The summed E-state index contributed by atoms with van der Waals surface area (Å²) in [5.74, 6) is 0.875. The molecule has 1 N–H and O–H groups in total. The SMILES string of the molecule is CC1(C)NC(=O)N(CCCN2CCN(Cc3ccco3)CC2)C1=O. The van der Waals surface area contributed by atoms with Crippen LogP contribution in [0.5, 0.6) is 0 Å². The third-order valence-electron chi connectivity index (χ3n) is 4.72. The molecule has 2 saturated heterocycles. The van der Waals surface area contributed by atoms with E-state index < -0.39 is 5.54 Å². The molecule has 24 heavy (non-hydrogen) atoms. The molecule has 0 radical (unpaired) electrons. The highest BCUT2D eigenvalue weighted by Gasteiger charge is 2.43. The lowest BCUT2D eigenvalue weighted by Crippen LogP contribution is -2.46. The molecular formula is C17H26N4O3. The van der Waals surface area contributed by atoms with Crippen LogP contribution >= 0.6 is 0 Å². The Morgan fingerprint density at radius 1 is 1.12 bits per heavy atom. The molecule has 7 heteroatoms. The fourth-order valence-electron chi connectivity index (χ4n) is 3.27. The Hall–Kier alpha value is -1.86. The van der Waals surface area contributed by atoms with E-state index in [0.717, 1.165) is 51.4 Å². The van der Waals surface area contributed by atoms with Crippen LogP contribution in [0.2, 0.25) is 0 Å². The van der Waals surface area contributed by atoms with Crippen LogP contribution in [0.15, 0.2) is 22.8 Å². The van der Waals surface area contributed by atoms with Crippen molar-refractivity contribution in [2.45, 2.75) is 32.4 Å². The van der Waals surface area contributed by atoms with Crippen LogP contribution < -0.4 is 5.32 Å². The minimum absolute atomic E-state index is 0.129. The maximum atomic E-state index is 12.1. The molecule has 2 aliphatic rings. The maximum absolute atomic E-state index is 12.1. The number of urea groups is 1. The van der Waals surface area contributed by atoms with Gasteiger partial charge in [-0.3, -0.25) is 14.6 Å². The first kappa shape index (κ1) is 17.0. The molecule has 2 aliphatic heterocycles. The first-order chi connectivity index (χ1) is 11.5. The molecule has 3 rings (SSSR count). The fourth-order valence-corrected chi connectivity index (χ4v) is 3.27. The Bertz CT molecular complexity index is 577. The van der Waals surface area contributed by atoms with Gasteiger partial charge in [-0.25, -0.2) is 4.79 Å². The average Bonchev–Trinajstić information content (AvgIpc) is 3.11. The molecule has 2 fully saturated rings. The van der Waals surface area contributed by atoms with Gasteiger partial charge in [0.25, 0.3) is 5.91 Å². The monoisotopic (exact) mass is 334 g/mol. The zero-order chi connectivity index (χ0) is 17.2. The Labute approximate surface area is 142 Å². The number of piperazine rings is 1. The average molecular weight is 334 g/mol. The summed E-state index contributed by atoms with van der Waals surface area (Å²) in [5, 5.41) is 2.72. The van der Waals surface area contributed by atoms with Crippen LogP contribution in [0.4, 0.5) is 4.79 Å². The maximum Gasteiger partial charge on any atom is 0.325 e. The Balaban J connectivity index is 1.37. The lowest BCUT2D eigenvalue weighted by molar-refractivity contribution is -0.130. The zero-order valence-corrected chi connectivity index (χ0v) is 14.5. The summed E-state index contributed by atoms with van der Waals surface area (Å²) in [6.45, 7) is 9.77. The van der Waals surface area contributed by atoms with Gasteiger partial charge in [-0.2, -0.15) is 0 Å². The van der Waals surface area contributed by atoms with Gasteiger partial charge in [-0.15, -0.1) is 0 Å². The molecule has 0 aromatic carbocycles. The van der Waals surface area contributed by atoms with E-state index >= 15 is 0 Å². The lowest BCUT2D eigenvalue weighted by Gasteiger charge is -2.34. The van der Waals surface area contributed by atoms with Crippen LogP contribution in [-0.4, -0.2) is 71.4 Å². The summed E-state index contributed by atoms with van der Waals surface area (Å²) in [5.41, 5.74) is -0.769. The minimum atomic E-state index is -0.769. The van der Waals surface area contributed by atoms with Crippen molar-refractivity contribution in [2.75, 3.05) is 39.3 Å². The molecule has 1 aromatic rings. The van der Waals surface area contributed by atoms with E-state index in [4.69, 9.17) is 4.42 Å². The van der Waals surface area contributed by atoms with Gasteiger partial charge >= 0.3 is 6.03 Å². The highest BCUT2D eigenvalue weighted by Crippen LogP contribution is 2.17.